The van der Waals surface area contributed by atoms with Crippen LogP contribution in [0, 0.1) is 0 Å². The number of benzene rings is 1. The van der Waals surface area contributed by atoms with E-state index in [9.17, 15) is 4.79 Å². The van der Waals surface area contributed by atoms with E-state index in [1.165, 1.54) is 4.90 Å². The van der Waals surface area contributed by atoms with Crippen molar-refractivity contribution in [1.29, 1.82) is 0 Å². The fraction of sp³-hybridized carbons (Fsp3) is 0.333. The van der Waals surface area contributed by atoms with E-state index >= 15 is 0 Å². The first-order valence-corrected chi connectivity index (χ1v) is 6.66. The van der Waals surface area contributed by atoms with E-state index in [-0.39, 0.29) is 11.9 Å². The molecule has 0 aliphatic heterocycles. The van der Waals surface area contributed by atoms with E-state index in [0.717, 1.165) is 17.7 Å². The second-order valence-electron chi connectivity index (χ2n) is 4.92. The fourth-order valence-corrected chi connectivity index (χ4v) is 2.03. The number of nitrogens with zero attached hydrogens (tertiary/aromatic N) is 3. The molecule has 0 unspecified atom stereocenters. The SMILES string of the molecule is CC[C@@H](N)c1ccccc1-n1ccc(C(=O)N(C)C)n1. The van der Waals surface area contributed by atoms with Gasteiger partial charge in [0.1, 0.15) is 0 Å². The van der Waals surface area contributed by atoms with E-state index < -0.39 is 0 Å². The van der Waals surface area contributed by atoms with Crippen LogP contribution < -0.4 is 5.73 Å². The van der Waals surface area contributed by atoms with E-state index in [4.69, 9.17) is 5.73 Å². The molecule has 0 aliphatic carbocycles. The van der Waals surface area contributed by atoms with Crippen molar-refractivity contribution in [1.82, 2.24) is 14.7 Å². The summed E-state index contributed by atoms with van der Waals surface area (Å²) in [6.07, 6.45) is 2.64. The minimum absolute atomic E-state index is 0.0385. The molecule has 0 fully saturated rings. The normalized spacial score (nSPS) is 12.2. The molecule has 0 aliphatic rings. The van der Waals surface area contributed by atoms with Crippen molar-refractivity contribution in [2.24, 2.45) is 5.73 Å². The van der Waals surface area contributed by atoms with Gasteiger partial charge in [-0.05, 0) is 24.1 Å². The number of carbonyl (C=O) groups excluding carboxylic acids is 1. The van der Waals surface area contributed by atoms with Gasteiger partial charge in [0.05, 0.1) is 5.69 Å². The molecule has 0 bridgehead atoms. The summed E-state index contributed by atoms with van der Waals surface area (Å²) in [4.78, 5) is 13.4. The van der Waals surface area contributed by atoms with Crippen LogP contribution in [-0.4, -0.2) is 34.7 Å². The van der Waals surface area contributed by atoms with Gasteiger partial charge in [-0.3, -0.25) is 4.79 Å². The van der Waals surface area contributed by atoms with Gasteiger partial charge in [-0.25, -0.2) is 4.68 Å². The fourth-order valence-electron chi connectivity index (χ4n) is 2.03. The maximum Gasteiger partial charge on any atom is 0.273 e. The quantitative estimate of drug-likeness (QED) is 0.925. The smallest absolute Gasteiger partial charge is 0.273 e. The molecular formula is C15H20N4O. The van der Waals surface area contributed by atoms with Gasteiger partial charge in [-0.1, -0.05) is 25.1 Å². The van der Waals surface area contributed by atoms with Gasteiger partial charge in [-0.2, -0.15) is 5.10 Å². The van der Waals surface area contributed by atoms with E-state index in [1.54, 1.807) is 31.0 Å². The lowest BCUT2D eigenvalue weighted by Crippen LogP contribution is -2.22. The summed E-state index contributed by atoms with van der Waals surface area (Å²) in [5, 5.41) is 4.35. The Labute approximate surface area is 119 Å². The molecule has 2 N–H and O–H groups in total. The van der Waals surface area contributed by atoms with Crippen molar-refractivity contribution in [2.45, 2.75) is 19.4 Å². The zero-order valence-corrected chi connectivity index (χ0v) is 12.1. The summed E-state index contributed by atoms with van der Waals surface area (Å²) in [5.74, 6) is -0.110. The summed E-state index contributed by atoms with van der Waals surface area (Å²) in [7, 11) is 3.42. The number of rotatable bonds is 4. The average Bonchev–Trinajstić information content (AvgIpc) is 2.95. The first-order valence-electron chi connectivity index (χ1n) is 6.66. The lowest BCUT2D eigenvalue weighted by atomic mass is 10.0. The number of carbonyl (C=O) groups is 1. The van der Waals surface area contributed by atoms with Gasteiger partial charge in [0, 0.05) is 26.3 Å². The molecule has 5 nitrogen and oxygen atoms in total. The van der Waals surface area contributed by atoms with Crippen LogP contribution in [0.2, 0.25) is 0 Å². The molecule has 2 rings (SSSR count). The van der Waals surface area contributed by atoms with E-state index in [2.05, 4.69) is 5.10 Å². The average molecular weight is 272 g/mol. The second-order valence-corrected chi connectivity index (χ2v) is 4.92. The van der Waals surface area contributed by atoms with Crippen molar-refractivity contribution in [3.8, 4) is 5.69 Å². The Morgan fingerprint density at radius 3 is 2.70 bits per heavy atom. The molecule has 20 heavy (non-hydrogen) atoms. The monoisotopic (exact) mass is 272 g/mol. The third kappa shape index (κ3) is 2.72. The number of amides is 1. The molecule has 0 saturated carbocycles. The Kier molecular flexibility index (Phi) is 4.20. The molecule has 1 heterocycles. The van der Waals surface area contributed by atoms with Crippen LogP contribution in [0.1, 0.15) is 35.4 Å². The van der Waals surface area contributed by atoms with Gasteiger partial charge < -0.3 is 10.6 Å². The first kappa shape index (κ1) is 14.3. The van der Waals surface area contributed by atoms with Gasteiger partial charge in [0.2, 0.25) is 0 Å². The van der Waals surface area contributed by atoms with Crippen molar-refractivity contribution >= 4 is 5.91 Å². The van der Waals surface area contributed by atoms with Crippen LogP contribution in [0.3, 0.4) is 0 Å². The highest BCUT2D eigenvalue weighted by Gasteiger charge is 2.15. The van der Waals surface area contributed by atoms with Gasteiger partial charge >= 0.3 is 0 Å². The summed E-state index contributed by atoms with van der Waals surface area (Å²) < 4.78 is 1.71. The number of hydrogen-bond donors (Lipinski definition) is 1. The third-order valence-electron chi connectivity index (χ3n) is 3.24. The molecule has 5 heteroatoms. The number of para-hydroxylation sites is 1. The minimum atomic E-state index is -0.110. The summed E-state index contributed by atoms with van der Waals surface area (Å²) in [5.41, 5.74) is 8.50. The highest BCUT2D eigenvalue weighted by Crippen LogP contribution is 2.21. The lowest BCUT2D eigenvalue weighted by molar-refractivity contribution is 0.0821. The van der Waals surface area contributed by atoms with E-state index in [0.29, 0.717) is 5.69 Å². The molecule has 2 aromatic rings. The van der Waals surface area contributed by atoms with Crippen LogP contribution in [0.15, 0.2) is 36.5 Å². The lowest BCUT2D eigenvalue weighted by Gasteiger charge is -2.14. The predicted molar refractivity (Wildman–Crippen MR) is 78.8 cm³/mol. The van der Waals surface area contributed by atoms with Gasteiger partial charge in [-0.15, -0.1) is 0 Å². The summed E-state index contributed by atoms with van der Waals surface area (Å²) >= 11 is 0. The summed E-state index contributed by atoms with van der Waals surface area (Å²) in [6, 6.07) is 9.54. The van der Waals surface area contributed by atoms with Crippen LogP contribution in [-0.2, 0) is 0 Å². The van der Waals surface area contributed by atoms with Crippen molar-refractivity contribution in [3.05, 3.63) is 47.8 Å². The van der Waals surface area contributed by atoms with Crippen molar-refractivity contribution in [2.75, 3.05) is 14.1 Å². The van der Waals surface area contributed by atoms with Crippen LogP contribution in [0.25, 0.3) is 5.69 Å². The Morgan fingerprint density at radius 1 is 1.35 bits per heavy atom. The Balaban J connectivity index is 2.40. The highest BCUT2D eigenvalue weighted by molar-refractivity contribution is 5.91. The molecule has 1 amide bonds. The maximum atomic E-state index is 11.9. The van der Waals surface area contributed by atoms with Gasteiger partial charge in [0.25, 0.3) is 5.91 Å². The van der Waals surface area contributed by atoms with E-state index in [1.807, 2.05) is 31.2 Å². The number of aromatic nitrogens is 2. The largest absolute Gasteiger partial charge is 0.343 e. The molecule has 106 valence electrons. The Hall–Kier alpha value is -2.14. The van der Waals surface area contributed by atoms with Crippen LogP contribution >= 0.6 is 0 Å². The third-order valence-corrected chi connectivity index (χ3v) is 3.24. The molecular weight excluding hydrogens is 252 g/mol. The molecule has 1 atom stereocenters. The first-order chi connectivity index (χ1) is 9.54. The van der Waals surface area contributed by atoms with Crippen molar-refractivity contribution < 1.29 is 4.79 Å². The zero-order valence-electron chi connectivity index (χ0n) is 12.1. The molecule has 1 aromatic carbocycles. The zero-order chi connectivity index (χ0) is 14.7. The molecule has 0 saturated heterocycles. The maximum absolute atomic E-state index is 11.9. The minimum Gasteiger partial charge on any atom is -0.343 e. The topological polar surface area (TPSA) is 64.2 Å². The molecule has 1 aromatic heterocycles. The Bertz CT molecular complexity index is 603. The number of hydrogen-bond acceptors (Lipinski definition) is 3. The van der Waals surface area contributed by atoms with Crippen molar-refractivity contribution in [3.63, 3.8) is 0 Å². The standard InChI is InChI=1S/C15H20N4O/c1-4-12(16)11-7-5-6-8-14(11)19-10-9-13(17-19)15(20)18(2)3/h5-10,12H,4,16H2,1-3H3/t12-/m1/s1. The van der Waals surface area contributed by atoms with Crippen LogP contribution in [0.4, 0.5) is 0 Å². The van der Waals surface area contributed by atoms with Crippen LogP contribution in [0.5, 0.6) is 0 Å². The van der Waals surface area contributed by atoms with Gasteiger partial charge in [0.15, 0.2) is 5.69 Å². The summed E-state index contributed by atoms with van der Waals surface area (Å²) in [6.45, 7) is 2.05. The number of nitrogens with two attached hydrogens (primary N) is 1. The molecule has 0 radical (unpaired) electrons. The second kappa shape index (κ2) is 5.88. The Morgan fingerprint density at radius 2 is 2.05 bits per heavy atom. The molecule has 0 spiro atoms. The highest BCUT2D eigenvalue weighted by atomic mass is 16.2. The predicted octanol–water partition coefficient (Wildman–Crippen LogP) is 1.98.